The molecule has 0 heterocycles. The van der Waals surface area contributed by atoms with Gasteiger partial charge in [0, 0.05) is 19.3 Å². The number of rotatable bonds is 47. The lowest BCUT2D eigenvalue weighted by molar-refractivity contribution is -0.167. The Balaban J connectivity index is 4.40. The first-order chi connectivity index (χ1) is 30.0. The average Bonchev–Trinajstić information content (AvgIpc) is 3.26. The van der Waals surface area contributed by atoms with Crippen molar-refractivity contribution in [2.24, 2.45) is 0 Å². The molecule has 0 aromatic carbocycles. The molecule has 0 fully saturated rings. The van der Waals surface area contributed by atoms with Crippen LogP contribution in [0.1, 0.15) is 265 Å². The van der Waals surface area contributed by atoms with Crippen molar-refractivity contribution < 1.29 is 28.6 Å². The molecule has 0 bridgehead atoms. The summed E-state index contributed by atoms with van der Waals surface area (Å²) in [7, 11) is 0. The minimum absolute atomic E-state index is 0.0845. The summed E-state index contributed by atoms with van der Waals surface area (Å²) in [6, 6.07) is 0. The van der Waals surface area contributed by atoms with E-state index in [-0.39, 0.29) is 31.1 Å². The highest BCUT2D eigenvalue weighted by Gasteiger charge is 2.19. The minimum atomic E-state index is -0.784. The number of unbranched alkanes of at least 4 members (excludes halogenated alkanes) is 28. The highest BCUT2D eigenvalue weighted by Crippen LogP contribution is 2.14. The van der Waals surface area contributed by atoms with Gasteiger partial charge in [0.15, 0.2) is 6.10 Å². The Labute approximate surface area is 378 Å². The molecule has 1 unspecified atom stereocenters. The van der Waals surface area contributed by atoms with Crippen LogP contribution in [0.3, 0.4) is 0 Å². The number of hydrogen-bond donors (Lipinski definition) is 0. The van der Waals surface area contributed by atoms with Gasteiger partial charge in [0.05, 0.1) is 0 Å². The highest BCUT2D eigenvalue weighted by atomic mass is 16.6. The van der Waals surface area contributed by atoms with Gasteiger partial charge in [-0.25, -0.2) is 0 Å². The van der Waals surface area contributed by atoms with E-state index < -0.39 is 6.10 Å². The normalized spacial score (nSPS) is 12.4. The van der Waals surface area contributed by atoms with Gasteiger partial charge in [0.25, 0.3) is 0 Å². The molecule has 354 valence electrons. The van der Waals surface area contributed by atoms with Crippen molar-refractivity contribution in [3.05, 3.63) is 48.6 Å². The van der Waals surface area contributed by atoms with Crippen LogP contribution in [0, 0.1) is 0 Å². The van der Waals surface area contributed by atoms with E-state index in [0.29, 0.717) is 19.3 Å². The summed E-state index contributed by atoms with van der Waals surface area (Å²) in [6.45, 7) is 6.55. The number of esters is 3. The van der Waals surface area contributed by atoms with Crippen LogP contribution in [-0.4, -0.2) is 37.2 Å². The Morgan fingerprint density at radius 2 is 0.623 bits per heavy atom. The number of allylic oxidation sites excluding steroid dienone is 8. The van der Waals surface area contributed by atoms with Crippen molar-refractivity contribution in [3.8, 4) is 0 Å². The van der Waals surface area contributed by atoms with E-state index >= 15 is 0 Å². The zero-order valence-corrected chi connectivity index (χ0v) is 40.4. The fraction of sp³-hybridized carbons (Fsp3) is 0.800. The SMILES string of the molecule is CCC/C=C\C/C=C\CCCCCCCC(=O)OCC(COC(=O)CCCCCCC/C=C\CCCCCCCCC)OC(=O)CCCCCCC/C=C\CCCCCCC. The molecule has 0 amide bonds. The summed E-state index contributed by atoms with van der Waals surface area (Å²) < 4.78 is 16.8. The van der Waals surface area contributed by atoms with Gasteiger partial charge in [-0.15, -0.1) is 0 Å². The molecule has 0 aromatic rings. The van der Waals surface area contributed by atoms with Crippen LogP contribution >= 0.6 is 0 Å². The van der Waals surface area contributed by atoms with E-state index in [1.54, 1.807) is 0 Å². The molecule has 0 aliphatic carbocycles. The second-order valence-corrected chi connectivity index (χ2v) is 17.4. The van der Waals surface area contributed by atoms with Gasteiger partial charge in [0.2, 0.25) is 0 Å². The van der Waals surface area contributed by atoms with Crippen molar-refractivity contribution >= 4 is 17.9 Å². The fourth-order valence-corrected chi connectivity index (χ4v) is 7.29. The largest absolute Gasteiger partial charge is 0.462 e. The monoisotopic (exact) mass is 855 g/mol. The zero-order valence-electron chi connectivity index (χ0n) is 40.4. The van der Waals surface area contributed by atoms with Gasteiger partial charge in [-0.3, -0.25) is 14.4 Å². The molecule has 0 aliphatic heterocycles. The summed E-state index contributed by atoms with van der Waals surface area (Å²) in [5.74, 6) is -0.909. The van der Waals surface area contributed by atoms with Crippen LogP contribution in [0.4, 0.5) is 0 Å². The first-order valence-electron chi connectivity index (χ1n) is 26.1. The van der Waals surface area contributed by atoms with Crippen molar-refractivity contribution in [1.29, 1.82) is 0 Å². The molecule has 0 N–H and O–H groups in total. The molecule has 0 aromatic heterocycles. The third-order valence-corrected chi connectivity index (χ3v) is 11.3. The Morgan fingerprint density at radius 1 is 0.328 bits per heavy atom. The number of carbonyl (C=O) groups excluding carboxylic acids is 3. The smallest absolute Gasteiger partial charge is 0.306 e. The maximum Gasteiger partial charge on any atom is 0.306 e. The first kappa shape index (κ1) is 58.4. The van der Waals surface area contributed by atoms with Crippen LogP contribution in [0.25, 0.3) is 0 Å². The quantitative estimate of drug-likeness (QED) is 0.0263. The predicted molar refractivity (Wildman–Crippen MR) is 261 cm³/mol. The van der Waals surface area contributed by atoms with E-state index in [0.717, 1.165) is 103 Å². The molecule has 6 heteroatoms. The Hall–Kier alpha value is -2.63. The van der Waals surface area contributed by atoms with E-state index in [2.05, 4.69) is 69.4 Å². The Morgan fingerprint density at radius 3 is 0.984 bits per heavy atom. The standard InChI is InChI=1S/C55H98O6/c1-4-7-10-13-16-19-22-25-27-28-31-33-36-39-42-45-48-54(57)60-51-52(50-59-53(56)47-44-41-38-35-32-29-24-21-18-15-12-9-6-3)61-55(58)49-46-43-40-37-34-30-26-23-20-17-14-11-8-5-2/h12,15,21,23-24,26-28,52H,4-11,13-14,16-20,22,25,29-51H2,1-3H3/b15-12-,24-21-,26-23-,28-27-. The van der Waals surface area contributed by atoms with Gasteiger partial charge in [-0.2, -0.15) is 0 Å². The van der Waals surface area contributed by atoms with Crippen LogP contribution in [0.5, 0.6) is 0 Å². The lowest BCUT2D eigenvalue weighted by atomic mass is 10.1. The third kappa shape index (κ3) is 48.3. The summed E-state index contributed by atoms with van der Waals surface area (Å²) in [5.41, 5.74) is 0. The Kier molecular flexibility index (Phi) is 47.9. The first-order valence-corrected chi connectivity index (χ1v) is 26.1. The number of ether oxygens (including phenoxy) is 3. The van der Waals surface area contributed by atoms with E-state index in [1.165, 1.54) is 122 Å². The van der Waals surface area contributed by atoms with Crippen molar-refractivity contribution in [1.82, 2.24) is 0 Å². The molecule has 0 spiro atoms. The van der Waals surface area contributed by atoms with Gasteiger partial charge in [-0.05, 0) is 96.3 Å². The van der Waals surface area contributed by atoms with Crippen LogP contribution in [0.2, 0.25) is 0 Å². The summed E-state index contributed by atoms with van der Waals surface area (Å²) in [6.07, 6.45) is 59.5. The number of carbonyl (C=O) groups is 3. The number of hydrogen-bond acceptors (Lipinski definition) is 6. The molecule has 0 saturated carbocycles. The van der Waals surface area contributed by atoms with Gasteiger partial charge < -0.3 is 14.2 Å². The maximum atomic E-state index is 12.8. The molecule has 0 radical (unpaired) electrons. The summed E-state index contributed by atoms with van der Waals surface area (Å²) >= 11 is 0. The van der Waals surface area contributed by atoms with Crippen molar-refractivity contribution in [2.75, 3.05) is 13.2 Å². The topological polar surface area (TPSA) is 78.9 Å². The molecule has 6 nitrogen and oxygen atoms in total. The van der Waals surface area contributed by atoms with Crippen molar-refractivity contribution in [3.63, 3.8) is 0 Å². The zero-order chi connectivity index (χ0) is 44.4. The third-order valence-electron chi connectivity index (χ3n) is 11.3. The van der Waals surface area contributed by atoms with Crippen molar-refractivity contribution in [2.45, 2.75) is 271 Å². The Bertz CT molecular complexity index is 1070. The van der Waals surface area contributed by atoms with Crippen LogP contribution < -0.4 is 0 Å². The van der Waals surface area contributed by atoms with Gasteiger partial charge in [0.1, 0.15) is 13.2 Å². The average molecular weight is 855 g/mol. The van der Waals surface area contributed by atoms with E-state index in [9.17, 15) is 14.4 Å². The lowest BCUT2D eigenvalue weighted by Crippen LogP contribution is -2.30. The molecule has 61 heavy (non-hydrogen) atoms. The molecular weight excluding hydrogens is 757 g/mol. The van der Waals surface area contributed by atoms with E-state index in [4.69, 9.17) is 14.2 Å². The fourth-order valence-electron chi connectivity index (χ4n) is 7.29. The maximum absolute atomic E-state index is 12.8. The molecule has 1 atom stereocenters. The second-order valence-electron chi connectivity index (χ2n) is 17.4. The van der Waals surface area contributed by atoms with Crippen LogP contribution in [-0.2, 0) is 28.6 Å². The summed E-state index contributed by atoms with van der Waals surface area (Å²) in [5, 5.41) is 0. The second kappa shape index (κ2) is 50.0. The molecule has 0 rings (SSSR count). The van der Waals surface area contributed by atoms with Crippen LogP contribution in [0.15, 0.2) is 48.6 Å². The molecule has 0 saturated heterocycles. The van der Waals surface area contributed by atoms with Gasteiger partial charge in [-0.1, -0.05) is 198 Å². The summed E-state index contributed by atoms with van der Waals surface area (Å²) in [4.78, 5) is 38.0. The minimum Gasteiger partial charge on any atom is -0.462 e. The van der Waals surface area contributed by atoms with E-state index in [1.807, 2.05) is 0 Å². The van der Waals surface area contributed by atoms with Gasteiger partial charge >= 0.3 is 17.9 Å². The molecular formula is C55H98O6. The lowest BCUT2D eigenvalue weighted by Gasteiger charge is -2.18. The predicted octanol–water partition coefficient (Wildman–Crippen LogP) is 17.1. The highest BCUT2D eigenvalue weighted by molar-refractivity contribution is 5.71. The molecule has 0 aliphatic rings.